The van der Waals surface area contributed by atoms with Crippen LogP contribution < -0.4 is 0 Å². The van der Waals surface area contributed by atoms with Crippen LogP contribution in [0.1, 0.15) is 31.6 Å². The lowest BCUT2D eigenvalue weighted by atomic mass is 10.2. The number of rotatable bonds is 6. The SMILES string of the molecule is CCCCOC(=O)[C@@H](O)c1ccc(-c2ccc(Br)cc2)o1. The van der Waals surface area contributed by atoms with Gasteiger partial charge in [0.05, 0.1) is 6.61 Å². The van der Waals surface area contributed by atoms with E-state index in [1.165, 1.54) is 0 Å². The Labute approximate surface area is 131 Å². The van der Waals surface area contributed by atoms with Crippen molar-refractivity contribution in [2.75, 3.05) is 6.61 Å². The topological polar surface area (TPSA) is 59.7 Å². The van der Waals surface area contributed by atoms with Crippen LogP contribution in [0.5, 0.6) is 0 Å². The van der Waals surface area contributed by atoms with E-state index in [9.17, 15) is 9.90 Å². The van der Waals surface area contributed by atoms with E-state index in [0.29, 0.717) is 12.4 Å². The number of carbonyl (C=O) groups excluding carboxylic acids is 1. The van der Waals surface area contributed by atoms with Gasteiger partial charge in [0.1, 0.15) is 11.5 Å². The molecule has 0 saturated carbocycles. The molecule has 2 rings (SSSR count). The normalized spacial score (nSPS) is 12.1. The maximum absolute atomic E-state index is 11.7. The summed E-state index contributed by atoms with van der Waals surface area (Å²) in [5.41, 5.74) is 0.871. The smallest absolute Gasteiger partial charge is 0.342 e. The third-order valence-corrected chi connectivity index (χ3v) is 3.52. The number of furan rings is 1. The molecule has 112 valence electrons. The molecule has 0 fully saturated rings. The molecule has 1 aromatic carbocycles. The van der Waals surface area contributed by atoms with Crippen LogP contribution in [-0.4, -0.2) is 17.7 Å². The van der Waals surface area contributed by atoms with E-state index in [2.05, 4.69) is 15.9 Å². The fourth-order valence-electron chi connectivity index (χ4n) is 1.78. The molecule has 1 aromatic heterocycles. The van der Waals surface area contributed by atoms with Gasteiger partial charge in [0.15, 0.2) is 0 Å². The van der Waals surface area contributed by atoms with Gasteiger partial charge < -0.3 is 14.3 Å². The monoisotopic (exact) mass is 352 g/mol. The summed E-state index contributed by atoms with van der Waals surface area (Å²) in [6.07, 6.45) is 0.324. The Kier molecular flexibility index (Phi) is 5.59. The van der Waals surface area contributed by atoms with Crippen molar-refractivity contribution in [3.05, 3.63) is 46.6 Å². The highest BCUT2D eigenvalue weighted by Crippen LogP contribution is 2.27. The van der Waals surface area contributed by atoms with Gasteiger partial charge in [-0.3, -0.25) is 0 Å². The first-order chi connectivity index (χ1) is 10.1. The second kappa shape index (κ2) is 7.43. The molecule has 1 heterocycles. The number of aliphatic hydroxyl groups is 1. The molecule has 5 heteroatoms. The molecule has 0 saturated heterocycles. The zero-order valence-electron chi connectivity index (χ0n) is 11.7. The van der Waals surface area contributed by atoms with Crippen molar-refractivity contribution in [1.82, 2.24) is 0 Å². The molecule has 2 aromatic rings. The van der Waals surface area contributed by atoms with Crippen LogP contribution in [0.25, 0.3) is 11.3 Å². The van der Waals surface area contributed by atoms with Crippen molar-refractivity contribution in [2.45, 2.75) is 25.9 Å². The molecule has 1 N–H and O–H groups in total. The molecule has 0 unspecified atom stereocenters. The number of halogens is 1. The van der Waals surface area contributed by atoms with Gasteiger partial charge in [-0.2, -0.15) is 0 Å². The van der Waals surface area contributed by atoms with E-state index in [0.717, 1.165) is 22.9 Å². The average molecular weight is 353 g/mol. The quantitative estimate of drug-likeness (QED) is 0.628. The van der Waals surface area contributed by atoms with Crippen molar-refractivity contribution >= 4 is 21.9 Å². The zero-order valence-corrected chi connectivity index (χ0v) is 13.3. The highest BCUT2D eigenvalue weighted by atomic mass is 79.9. The number of hydrogen-bond donors (Lipinski definition) is 1. The van der Waals surface area contributed by atoms with E-state index < -0.39 is 12.1 Å². The third kappa shape index (κ3) is 4.19. The molecule has 0 bridgehead atoms. The number of carbonyl (C=O) groups is 1. The molecule has 0 aliphatic heterocycles. The minimum absolute atomic E-state index is 0.189. The van der Waals surface area contributed by atoms with Crippen LogP contribution in [-0.2, 0) is 9.53 Å². The largest absolute Gasteiger partial charge is 0.463 e. The summed E-state index contributed by atoms with van der Waals surface area (Å²) in [5, 5.41) is 9.92. The summed E-state index contributed by atoms with van der Waals surface area (Å²) in [6.45, 7) is 2.31. The Balaban J connectivity index is 2.05. The summed E-state index contributed by atoms with van der Waals surface area (Å²) in [5.74, 6) is 0.104. The molecule has 21 heavy (non-hydrogen) atoms. The first-order valence-electron chi connectivity index (χ1n) is 6.82. The number of unbranched alkanes of at least 4 members (excludes halogenated alkanes) is 1. The first kappa shape index (κ1) is 15.8. The van der Waals surface area contributed by atoms with Gasteiger partial charge in [0.2, 0.25) is 6.10 Å². The number of hydrogen-bond acceptors (Lipinski definition) is 4. The Hall–Kier alpha value is -1.59. The van der Waals surface area contributed by atoms with Gasteiger partial charge in [0.25, 0.3) is 0 Å². The maximum atomic E-state index is 11.7. The van der Waals surface area contributed by atoms with Crippen LogP contribution >= 0.6 is 15.9 Å². The molecule has 1 atom stereocenters. The highest BCUT2D eigenvalue weighted by molar-refractivity contribution is 9.10. The van der Waals surface area contributed by atoms with E-state index in [1.807, 2.05) is 31.2 Å². The standard InChI is InChI=1S/C16H17BrO4/c1-2-3-10-20-16(19)15(18)14-9-8-13(21-14)11-4-6-12(17)7-5-11/h4-9,15,18H,2-3,10H2,1H3/t15-/m0/s1. The van der Waals surface area contributed by atoms with Gasteiger partial charge in [-0.05, 0) is 30.7 Å². The highest BCUT2D eigenvalue weighted by Gasteiger charge is 2.22. The second-order valence-corrected chi connectivity index (χ2v) is 5.55. The van der Waals surface area contributed by atoms with Crippen LogP contribution in [0.15, 0.2) is 45.3 Å². The number of aliphatic hydroxyl groups excluding tert-OH is 1. The summed E-state index contributed by atoms with van der Waals surface area (Å²) >= 11 is 3.36. The fourth-order valence-corrected chi connectivity index (χ4v) is 2.05. The summed E-state index contributed by atoms with van der Waals surface area (Å²) < 4.78 is 11.5. The van der Waals surface area contributed by atoms with E-state index in [1.54, 1.807) is 12.1 Å². The Bertz CT molecular complexity index is 589. The van der Waals surface area contributed by atoms with Crippen LogP contribution in [0.4, 0.5) is 0 Å². The zero-order chi connectivity index (χ0) is 15.2. The average Bonchev–Trinajstić information content (AvgIpc) is 2.97. The second-order valence-electron chi connectivity index (χ2n) is 4.63. The van der Waals surface area contributed by atoms with Crippen molar-refractivity contribution in [3.8, 4) is 11.3 Å². The predicted octanol–water partition coefficient (Wildman–Crippen LogP) is 4.09. The van der Waals surface area contributed by atoms with E-state index >= 15 is 0 Å². The third-order valence-electron chi connectivity index (χ3n) is 2.99. The minimum atomic E-state index is -1.38. The van der Waals surface area contributed by atoms with Gasteiger partial charge in [-0.1, -0.05) is 41.4 Å². The molecular weight excluding hydrogens is 336 g/mol. The number of benzene rings is 1. The van der Waals surface area contributed by atoms with Gasteiger partial charge in [0, 0.05) is 10.0 Å². The van der Waals surface area contributed by atoms with E-state index in [4.69, 9.17) is 9.15 Å². The minimum Gasteiger partial charge on any atom is -0.463 e. The Morgan fingerprint density at radius 1 is 1.29 bits per heavy atom. The summed E-state index contributed by atoms with van der Waals surface area (Å²) in [7, 11) is 0. The van der Waals surface area contributed by atoms with Crippen molar-refractivity contribution in [2.24, 2.45) is 0 Å². The molecule has 0 spiro atoms. The van der Waals surface area contributed by atoms with Crippen molar-refractivity contribution in [3.63, 3.8) is 0 Å². The summed E-state index contributed by atoms with van der Waals surface area (Å²) in [6, 6.07) is 10.9. The predicted molar refractivity (Wildman–Crippen MR) is 82.7 cm³/mol. The van der Waals surface area contributed by atoms with E-state index in [-0.39, 0.29) is 5.76 Å². The van der Waals surface area contributed by atoms with Gasteiger partial charge in [-0.25, -0.2) is 4.79 Å². The van der Waals surface area contributed by atoms with Crippen LogP contribution in [0.2, 0.25) is 0 Å². The number of ether oxygens (including phenoxy) is 1. The lowest BCUT2D eigenvalue weighted by molar-refractivity contribution is -0.154. The molecule has 0 aliphatic carbocycles. The first-order valence-corrected chi connectivity index (χ1v) is 7.61. The lowest BCUT2D eigenvalue weighted by Crippen LogP contribution is -2.15. The van der Waals surface area contributed by atoms with Crippen molar-refractivity contribution in [1.29, 1.82) is 0 Å². The van der Waals surface area contributed by atoms with Crippen molar-refractivity contribution < 1.29 is 19.1 Å². The summed E-state index contributed by atoms with van der Waals surface area (Å²) in [4.78, 5) is 11.7. The van der Waals surface area contributed by atoms with Gasteiger partial charge >= 0.3 is 5.97 Å². The molecular formula is C16H17BrO4. The Morgan fingerprint density at radius 2 is 2.00 bits per heavy atom. The van der Waals surface area contributed by atoms with Crippen LogP contribution in [0.3, 0.4) is 0 Å². The maximum Gasteiger partial charge on any atom is 0.342 e. The molecule has 4 nitrogen and oxygen atoms in total. The molecule has 0 radical (unpaired) electrons. The molecule has 0 aliphatic rings. The number of esters is 1. The lowest BCUT2D eigenvalue weighted by Gasteiger charge is -2.08. The Morgan fingerprint density at radius 3 is 2.67 bits per heavy atom. The molecule has 0 amide bonds. The van der Waals surface area contributed by atoms with Crippen LogP contribution in [0, 0.1) is 0 Å². The van der Waals surface area contributed by atoms with Gasteiger partial charge in [-0.15, -0.1) is 0 Å². The fraction of sp³-hybridized carbons (Fsp3) is 0.312.